The van der Waals surface area contributed by atoms with E-state index in [-0.39, 0.29) is 4.90 Å². The Morgan fingerprint density at radius 1 is 1.41 bits per heavy atom. The minimum atomic E-state index is -3.66. The van der Waals surface area contributed by atoms with Gasteiger partial charge in [0.1, 0.15) is 4.90 Å². The van der Waals surface area contributed by atoms with E-state index < -0.39 is 10.0 Å². The van der Waals surface area contributed by atoms with Crippen LogP contribution in [0.3, 0.4) is 0 Å². The topological polar surface area (TPSA) is 75.4 Å². The van der Waals surface area contributed by atoms with Crippen molar-refractivity contribution < 1.29 is 8.42 Å². The molecule has 6 heteroatoms. The molecule has 1 aromatic carbocycles. The van der Waals surface area contributed by atoms with E-state index in [0.29, 0.717) is 11.7 Å². The van der Waals surface area contributed by atoms with Crippen LogP contribution in [0.1, 0.15) is 6.92 Å². The monoisotopic (exact) mass is 255 g/mol. The second-order valence-electron chi connectivity index (χ2n) is 4.31. The Balaban J connectivity index is 2.38. The molecule has 1 atom stereocenters. The van der Waals surface area contributed by atoms with Gasteiger partial charge in [-0.3, -0.25) is 0 Å². The van der Waals surface area contributed by atoms with E-state index in [0.717, 1.165) is 19.6 Å². The number of para-hydroxylation sites is 1. The summed E-state index contributed by atoms with van der Waals surface area (Å²) in [6.45, 7) is 4.50. The predicted molar refractivity (Wildman–Crippen MR) is 67.5 cm³/mol. The number of sulfonamides is 1. The summed E-state index contributed by atoms with van der Waals surface area (Å²) in [5, 5.41) is 8.55. The molecule has 1 aromatic rings. The molecule has 1 fully saturated rings. The maximum atomic E-state index is 11.5. The summed E-state index contributed by atoms with van der Waals surface area (Å²) in [6, 6.07) is 7.22. The first-order chi connectivity index (χ1) is 7.98. The maximum absolute atomic E-state index is 11.5. The molecule has 1 aliphatic rings. The molecule has 0 saturated carbocycles. The molecule has 0 radical (unpaired) electrons. The van der Waals surface area contributed by atoms with Gasteiger partial charge in [-0.1, -0.05) is 12.1 Å². The van der Waals surface area contributed by atoms with Gasteiger partial charge in [-0.25, -0.2) is 13.6 Å². The van der Waals surface area contributed by atoms with Crippen LogP contribution in [0.25, 0.3) is 0 Å². The molecule has 0 aromatic heterocycles. The maximum Gasteiger partial charge on any atom is 0.240 e. The van der Waals surface area contributed by atoms with E-state index in [1.807, 2.05) is 6.07 Å². The van der Waals surface area contributed by atoms with Crippen molar-refractivity contribution in [2.45, 2.75) is 17.9 Å². The van der Waals surface area contributed by atoms with Crippen molar-refractivity contribution in [2.24, 2.45) is 5.14 Å². The van der Waals surface area contributed by atoms with Gasteiger partial charge in [-0.05, 0) is 19.1 Å². The van der Waals surface area contributed by atoms with Crippen molar-refractivity contribution in [1.29, 1.82) is 0 Å². The number of nitrogens with two attached hydrogens (primary N) is 1. The average molecular weight is 255 g/mol. The van der Waals surface area contributed by atoms with Gasteiger partial charge in [0.2, 0.25) is 10.0 Å². The second-order valence-corrected chi connectivity index (χ2v) is 5.84. The summed E-state index contributed by atoms with van der Waals surface area (Å²) >= 11 is 0. The van der Waals surface area contributed by atoms with Gasteiger partial charge in [0.05, 0.1) is 5.69 Å². The highest BCUT2D eigenvalue weighted by atomic mass is 32.2. The molecule has 1 saturated heterocycles. The van der Waals surface area contributed by atoms with E-state index in [9.17, 15) is 8.42 Å². The lowest BCUT2D eigenvalue weighted by Gasteiger charge is -2.34. The van der Waals surface area contributed by atoms with Crippen LogP contribution in [-0.2, 0) is 10.0 Å². The molecule has 0 bridgehead atoms. The molecular weight excluding hydrogens is 238 g/mol. The number of hydrogen-bond acceptors (Lipinski definition) is 4. The summed E-state index contributed by atoms with van der Waals surface area (Å²) in [7, 11) is -3.66. The molecule has 1 heterocycles. The molecule has 5 nitrogen and oxygen atoms in total. The lowest BCUT2D eigenvalue weighted by atomic mass is 10.2. The number of anilines is 1. The summed E-state index contributed by atoms with van der Waals surface area (Å²) in [6.07, 6.45) is 0. The SMILES string of the molecule is C[C@@H]1CN(c2ccccc2S(N)(=O)=O)CCN1. The number of primary sulfonamides is 1. The summed E-state index contributed by atoms with van der Waals surface area (Å²) in [5.74, 6) is 0. The number of nitrogens with zero attached hydrogens (tertiary/aromatic N) is 1. The van der Waals surface area contributed by atoms with Gasteiger partial charge in [0, 0.05) is 25.7 Å². The highest BCUT2D eigenvalue weighted by Gasteiger charge is 2.21. The molecule has 94 valence electrons. The minimum Gasteiger partial charge on any atom is -0.368 e. The van der Waals surface area contributed by atoms with Gasteiger partial charge in [0.25, 0.3) is 0 Å². The largest absolute Gasteiger partial charge is 0.368 e. The fourth-order valence-corrected chi connectivity index (χ4v) is 2.87. The van der Waals surface area contributed by atoms with Crippen LogP contribution in [0.5, 0.6) is 0 Å². The Morgan fingerprint density at radius 3 is 2.76 bits per heavy atom. The smallest absolute Gasteiger partial charge is 0.240 e. The third-order valence-electron chi connectivity index (χ3n) is 2.88. The van der Waals surface area contributed by atoms with Gasteiger partial charge < -0.3 is 10.2 Å². The number of rotatable bonds is 2. The van der Waals surface area contributed by atoms with Gasteiger partial charge in [0.15, 0.2) is 0 Å². The van der Waals surface area contributed by atoms with Crippen LogP contribution >= 0.6 is 0 Å². The first-order valence-electron chi connectivity index (χ1n) is 5.58. The third-order valence-corrected chi connectivity index (χ3v) is 3.84. The number of piperazine rings is 1. The highest BCUT2D eigenvalue weighted by Crippen LogP contribution is 2.24. The van der Waals surface area contributed by atoms with Crippen molar-refractivity contribution in [1.82, 2.24) is 5.32 Å². The minimum absolute atomic E-state index is 0.203. The molecule has 1 aliphatic heterocycles. The van der Waals surface area contributed by atoms with E-state index in [1.54, 1.807) is 18.2 Å². The van der Waals surface area contributed by atoms with Gasteiger partial charge in [-0.15, -0.1) is 0 Å². The van der Waals surface area contributed by atoms with Crippen molar-refractivity contribution in [3.63, 3.8) is 0 Å². The number of nitrogens with one attached hydrogen (secondary N) is 1. The van der Waals surface area contributed by atoms with E-state index >= 15 is 0 Å². The van der Waals surface area contributed by atoms with Crippen LogP contribution in [0.2, 0.25) is 0 Å². The number of hydrogen-bond donors (Lipinski definition) is 2. The first-order valence-corrected chi connectivity index (χ1v) is 7.13. The van der Waals surface area contributed by atoms with Gasteiger partial charge in [-0.2, -0.15) is 0 Å². The van der Waals surface area contributed by atoms with Crippen molar-refractivity contribution in [3.05, 3.63) is 24.3 Å². The molecule has 0 aliphatic carbocycles. The second kappa shape index (κ2) is 4.64. The van der Waals surface area contributed by atoms with Crippen LogP contribution in [-0.4, -0.2) is 34.1 Å². The fourth-order valence-electron chi connectivity index (χ4n) is 2.11. The Labute approximate surface area is 102 Å². The molecule has 0 amide bonds. The number of benzene rings is 1. The molecule has 0 spiro atoms. The Kier molecular flexibility index (Phi) is 3.37. The summed E-state index contributed by atoms with van der Waals surface area (Å²) in [4.78, 5) is 2.26. The zero-order valence-electron chi connectivity index (χ0n) is 9.76. The van der Waals surface area contributed by atoms with Gasteiger partial charge >= 0.3 is 0 Å². The van der Waals surface area contributed by atoms with E-state index in [2.05, 4.69) is 17.1 Å². The fraction of sp³-hybridized carbons (Fsp3) is 0.455. The van der Waals surface area contributed by atoms with Crippen molar-refractivity contribution in [3.8, 4) is 0 Å². The molecule has 0 unspecified atom stereocenters. The lowest BCUT2D eigenvalue weighted by molar-refractivity contribution is 0.483. The Bertz CT molecular complexity index is 501. The first kappa shape index (κ1) is 12.3. The Morgan fingerprint density at radius 2 is 2.12 bits per heavy atom. The van der Waals surface area contributed by atoms with Crippen molar-refractivity contribution >= 4 is 15.7 Å². The summed E-state index contributed by atoms with van der Waals surface area (Å²) < 4.78 is 23.0. The third kappa shape index (κ3) is 2.77. The zero-order chi connectivity index (χ0) is 12.5. The quantitative estimate of drug-likeness (QED) is 0.788. The standard InChI is InChI=1S/C11H17N3O2S/c1-9-8-14(7-6-13-9)10-4-2-3-5-11(10)17(12,15)16/h2-5,9,13H,6-8H2,1H3,(H2,12,15,16)/t9-/m1/s1. The average Bonchev–Trinajstić information content (AvgIpc) is 2.28. The summed E-state index contributed by atoms with van der Waals surface area (Å²) in [5.41, 5.74) is 0.698. The van der Waals surface area contributed by atoms with E-state index in [4.69, 9.17) is 5.14 Å². The van der Waals surface area contributed by atoms with Crippen LogP contribution < -0.4 is 15.4 Å². The predicted octanol–water partition coefficient (Wildman–Crippen LogP) is 0.132. The molecule has 3 N–H and O–H groups in total. The van der Waals surface area contributed by atoms with Crippen LogP contribution in [0.4, 0.5) is 5.69 Å². The van der Waals surface area contributed by atoms with Crippen LogP contribution in [0, 0.1) is 0 Å². The van der Waals surface area contributed by atoms with E-state index in [1.165, 1.54) is 0 Å². The van der Waals surface area contributed by atoms with Crippen molar-refractivity contribution in [2.75, 3.05) is 24.5 Å². The normalized spacial score (nSPS) is 21.5. The molecule has 17 heavy (non-hydrogen) atoms. The molecule has 2 rings (SSSR count). The molecular formula is C11H17N3O2S. The highest BCUT2D eigenvalue weighted by molar-refractivity contribution is 7.89. The van der Waals surface area contributed by atoms with Crippen LogP contribution in [0.15, 0.2) is 29.2 Å². The Hall–Kier alpha value is -1.11. The zero-order valence-corrected chi connectivity index (χ0v) is 10.6. The lowest BCUT2D eigenvalue weighted by Crippen LogP contribution is -2.49.